The smallest absolute Gasteiger partial charge is 0.0541 e. The maximum atomic E-state index is 11.4. The third-order valence-corrected chi connectivity index (χ3v) is 3.65. The zero-order valence-electron chi connectivity index (χ0n) is 6.30. The Morgan fingerprint density at radius 1 is 1.33 bits per heavy atom. The van der Waals surface area contributed by atoms with E-state index < -0.39 is 10.8 Å². The first-order valence-corrected chi connectivity index (χ1v) is 6.08. The zero-order chi connectivity index (χ0) is 8.97. The average Bonchev–Trinajstić information content (AvgIpc) is 2.06. The maximum Gasteiger partial charge on any atom is 0.0541 e. The summed E-state index contributed by atoms with van der Waals surface area (Å²) in [6.07, 6.45) is 0. The van der Waals surface area contributed by atoms with Gasteiger partial charge in [0.15, 0.2) is 0 Å². The Kier molecular flexibility index (Phi) is 4.26. The summed E-state index contributed by atoms with van der Waals surface area (Å²) in [6, 6.07) is 7.43. The van der Waals surface area contributed by atoms with Gasteiger partial charge in [-0.05, 0) is 24.3 Å². The van der Waals surface area contributed by atoms with Crippen LogP contribution in [0.5, 0.6) is 0 Å². The Balaban J connectivity index is 2.75. The van der Waals surface area contributed by atoms with Gasteiger partial charge in [-0.3, -0.25) is 4.21 Å². The Labute approximate surface area is 87.7 Å². The van der Waals surface area contributed by atoms with Crippen molar-refractivity contribution in [1.82, 2.24) is 0 Å². The van der Waals surface area contributed by atoms with Gasteiger partial charge in [-0.2, -0.15) is 0 Å². The van der Waals surface area contributed by atoms with E-state index in [1.165, 1.54) is 0 Å². The largest absolute Gasteiger partial charge is 0.254 e. The minimum atomic E-state index is -0.944. The third kappa shape index (κ3) is 2.88. The van der Waals surface area contributed by atoms with Crippen LogP contribution in [0.25, 0.3) is 0 Å². The van der Waals surface area contributed by atoms with Crippen LogP contribution in [0.15, 0.2) is 33.6 Å². The molecule has 0 bridgehead atoms. The molecule has 0 saturated carbocycles. The molecule has 4 heteroatoms. The molecule has 0 aliphatic rings. The van der Waals surface area contributed by atoms with E-state index >= 15 is 0 Å². The summed E-state index contributed by atoms with van der Waals surface area (Å²) >= 11 is 8.78. The lowest BCUT2D eigenvalue weighted by atomic mass is 10.4. The quantitative estimate of drug-likeness (QED) is 0.770. The maximum absolute atomic E-state index is 11.4. The van der Waals surface area contributed by atoms with Crippen molar-refractivity contribution < 1.29 is 4.21 Å². The fraction of sp³-hybridized carbons (Fsp3) is 0.250. The molecule has 0 fully saturated rings. The molecule has 1 atom stereocenters. The third-order valence-electron chi connectivity index (χ3n) is 1.34. The summed E-state index contributed by atoms with van der Waals surface area (Å²) in [5.41, 5.74) is 0. The standard InChI is InChI=1S/C8H8BrClOS/c9-7-1-3-8(4-2-7)12(11)6-5-10/h1-4H,5-6H2/t12-/m0/s1. The van der Waals surface area contributed by atoms with Crippen LogP contribution in [0, 0.1) is 0 Å². The van der Waals surface area contributed by atoms with Gasteiger partial charge in [0.25, 0.3) is 0 Å². The molecule has 0 aliphatic heterocycles. The fourth-order valence-electron chi connectivity index (χ4n) is 0.774. The van der Waals surface area contributed by atoms with Gasteiger partial charge in [0, 0.05) is 21.0 Å². The van der Waals surface area contributed by atoms with Crippen molar-refractivity contribution in [3.8, 4) is 0 Å². The average molecular weight is 268 g/mol. The SMILES string of the molecule is O=[S@@](CCCl)c1ccc(Br)cc1. The number of benzene rings is 1. The lowest BCUT2D eigenvalue weighted by Crippen LogP contribution is -1.98. The molecule has 0 radical (unpaired) electrons. The Bertz CT molecular complexity index is 273. The molecule has 12 heavy (non-hydrogen) atoms. The van der Waals surface area contributed by atoms with Gasteiger partial charge in [0.1, 0.15) is 0 Å². The van der Waals surface area contributed by atoms with Gasteiger partial charge in [0.05, 0.1) is 10.8 Å². The predicted molar refractivity (Wildman–Crippen MR) is 56.1 cm³/mol. The molecule has 0 unspecified atom stereocenters. The van der Waals surface area contributed by atoms with Crippen LogP contribution in [0.4, 0.5) is 0 Å². The molecule has 1 aromatic carbocycles. The molecule has 0 saturated heterocycles. The molecule has 0 aliphatic carbocycles. The van der Waals surface area contributed by atoms with E-state index in [1.54, 1.807) is 0 Å². The second kappa shape index (κ2) is 5.00. The van der Waals surface area contributed by atoms with E-state index in [4.69, 9.17) is 11.6 Å². The van der Waals surface area contributed by atoms with Gasteiger partial charge in [-0.15, -0.1) is 11.6 Å². The first kappa shape index (κ1) is 10.2. The zero-order valence-corrected chi connectivity index (χ0v) is 9.45. The number of alkyl halides is 1. The lowest BCUT2D eigenvalue weighted by Gasteiger charge is -1.98. The first-order valence-electron chi connectivity index (χ1n) is 3.44. The Morgan fingerprint density at radius 3 is 2.42 bits per heavy atom. The number of hydrogen-bond donors (Lipinski definition) is 0. The second-order valence-electron chi connectivity index (χ2n) is 2.19. The van der Waals surface area contributed by atoms with Crippen LogP contribution in [0.2, 0.25) is 0 Å². The van der Waals surface area contributed by atoms with Crippen LogP contribution in [0.3, 0.4) is 0 Å². The van der Waals surface area contributed by atoms with Gasteiger partial charge in [-0.25, -0.2) is 0 Å². The molecule has 0 N–H and O–H groups in total. The van der Waals surface area contributed by atoms with Gasteiger partial charge >= 0.3 is 0 Å². The molecule has 66 valence electrons. The lowest BCUT2D eigenvalue weighted by molar-refractivity contribution is 0.684. The minimum Gasteiger partial charge on any atom is -0.254 e. The van der Waals surface area contributed by atoms with Gasteiger partial charge in [0.2, 0.25) is 0 Å². The summed E-state index contributed by atoms with van der Waals surface area (Å²) in [5, 5.41) is 0. The van der Waals surface area contributed by atoms with E-state index in [0.29, 0.717) is 11.6 Å². The van der Waals surface area contributed by atoms with Crippen molar-refractivity contribution in [2.75, 3.05) is 11.6 Å². The molecule has 0 spiro atoms. The van der Waals surface area contributed by atoms with Crippen LogP contribution < -0.4 is 0 Å². The van der Waals surface area contributed by atoms with Crippen LogP contribution >= 0.6 is 27.5 Å². The molecule has 0 heterocycles. The number of hydrogen-bond acceptors (Lipinski definition) is 1. The molecular formula is C8H8BrClOS. The summed E-state index contributed by atoms with van der Waals surface area (Å²) in [6.45, 7) is 0. The molecule has 1 aromatic rings. The normalized spacial score (nSPS) is 12.8. The number of rotatable bonds is 3. The molecule has 0 amide bonds. The monoisotopic (exact) mass is 266 g/mol. The highest BCUT2D eigenvalue weighted by atomic mass is 79.9. The Hall–Kier alpha value is 0.140. The van der Waals surface area contributed by atoms with Crippen LogP contribution in [-0.2, 0) is 10.8 Å². The highest BCUT2D eigenvalue weighted by Crippen LogP contribution is 2.13. The highest BCUT2D eigenvalue weighted by molar-refractivity contribution is 9.10. The van der Waals surface area contributed by atoms with Crippen molar-refractivity contribution in [2.24, 2.45) is 0 Å². The van der Waals surface area contributed by atoms with Crippen molar-refractivity contribution in [1.29, 1.82) is 0 Å². The molecular weight excluding hydrogens is 260 g/mol. The van der Waals surface area contributed by atoms with E-state index in [2.05, 4.69) is 15.9 Å². The van der Waals surface area contributed by atoms with Crippen molar-refractivity contribution in [3.05, 3.63) is 28.7 Å². The molecule has 0 aromatic heterocycles. The summed E-state index contributed by atoms with van der Waals surface area (Å²) in [4.78, 5) is 0.832. The minimum absolute atomic E-state index is 0.433. The predicted octanol–water partition coefficient (Wildman–Crippen LogP) is 2.80. The Morgan fingerprint density at radius 2 is 1.92 bits per heavy atom. The molecule has 1 rings (SSSR count). The summed E-state index contributed by atoms with van der Waals surface area (Å²) in [7, 11) is -0.944. The van der Waals surface area contributed by atoms with E-state index in [9.17, 15) is 4.21 Å². The second-order valence-corrected chi connectivity index (χ2v) is 5.06. The highest BCUT2D eigenvalue weighted by Gasteiger charge is 2.01. The van der Waals surface area contributed by atoms with Crippen LogP contribution in [-0.4, -0.2) is 15.8 Å². The summed E-state index contributed by atoms with van der Waals surface area (Å²) in [5.74, 6) is 0.950. The number of halogens is 2. The topological polar surface area (TPSA) is 17.1 Å². The van der Waals surface area contributed by atoms with Crippen molar-refractivity contribution >= 4 is 38.3 Å². The van der Waals surface area contributed by atoms with E-state index in [0.717, 1.165) is 9.37 Å². The fourth-order valence-corrected chi connectivity index (χ4v) is 2.27. The van der Waals surface area contributed by atoms with E-state index in [1.807, 2.05) is 24.3 Å². The molecule has 1 nitrogen and oxygen atoms in total. The van der Waals surface area contributed by atoms with Crippen LogP contribution in [0.1, 0.15) is 0 Å². The van der Waals surface area contributed by atoms with Gasteiger partial charge < -0.3 is 0 Å². The van der Waals surface area contributed by atoms with Gasteiger partial charge in [-0.1, -0.05) is 15.9 Å². The first-order chi connectivity index (χ1) is 5.74. The summed E-state index contributed by atoms with van der Waals surface area (Å²) < 4.78 is 12.4. The van der Waals surface area contributed by atoms with Crippen molar-refractivity contribution in [2.45, 2.75) is 4.90 Å². The van der Waals surface area contributed by atoms with E-state index in [-0.39, 0.29) is 0 Å². The van der Waals surface area contributed by atoms with Crippen molar-refractivity contribution in [3.63, 3.8) is 0 Å².